The van der Waals surface area contributed by atoms with Crippen LogP contribution in [-0.2, 0) is 13.1 Å². The summed E-state index contributed by atoms with van der Waals surface area (Å²) in [5, 5.41) is 9.42. The third kappa shape index (κ3) is 3.25. The van der Waals surface area contributed by atoms with Crippen LogP contribution in [-0.4, -0.2) is 34.9 Å². The van der Waals surface area contributed by atoms with Gasteiger partial charge in [-0.1, -0.05) is 30.3 Å². The quantitative estimate of drug-likeness (QED) is 0.403. The maximum atomic E-state index is 13.5. The molecule has 4 heterocycles. The zero-order valence-corrected chi connectivity index (χ0v) is 19.1. The molecule has 0 fully saturated rings. The Hall–Kier alpha value is -4.39. The van der Waals surface area contributed by atoms with Crippen molar-refractivity contribution in [2.75, 3.05) is 0 Å². The summed E-state index contributed by atoms with van der Waals surface area (Å²) in [7, 11) is 0. The Morgan fingerprint density at radius 3 is 2.38 bits per heavy atom. The van der Waals surface area contributed by atoms with E-state index in [1.54, 1.807) is 6.20 Å². The summed E-state index contributed by atoms with van der Waals surface area (Å²) >= 11 is 0. The Morgan fingerprint density at radius 1 is 0.853 bits per heavy atom. The van der Waals surface area contributed by atoms with Crippen molar-refractivity contribution >= 4 is 5.91 Å². The molecular weight excluding hydrogens is 424 g/mol. The van der Waals surface area contributed by atoms with Crippen LogP contribution >= 0.6 is 0 Å². The standard InChI is InChI=1S/C27H24N6O/c1-19-9-8-12-22(15-19)33-26(30-13-6-7-14-30)24-17-31(18-25(24)29-33)27(34)23-16-28-32(20(23)2)21-10-4-3-5-11-21/h3-16H,17-18H2,1-2H3. The molecule has 1 aliphatic heterocycles. The van der Waals surface area contributed by atoms with Gasteiger partial charge in [-0.05, 0) is 55.8 Å². The molecule has 3 aromatic heterocycles. The Bertz CT molecular complexity index is 1490. The number of aromatic nitrogens is 5. The third-order valence-electron chi connectivity index (χ3n) is 6.35. The first-order chi connectivity index (χ1) is 16.6. The van der Waals surface area contributed by atoms with Crippen LogP contribution in [0.25, 0.3) is 17.2 Å². The zero-order valence-electron chi connectivity index (χ0n) is 19.1. The predicted octanol–water partition coefficient (Wildman–Crippen LogP) is 4.62. The van der Waals surface area contributed by atoms with Crippen LogP contribution in [0.4, 0.5) is 0 Å². The molecule has 0 saturated carbocycles. The highest BCUT2D eigenvalue weighted by Crippen LogP contribution is 2.32. The maximum absolute atomic E-state index is 13.5. The van der Waals surface area contributed by atoms with Crippen LogP contribution < -0.4 is 0 Å². The highest BCUT2D eigenvalue weighted by molar-refractivity contribution is 5.95. The third-order valence-corrected chi connectivity index (χ3v) is 6.35. The van der Waals surface area contributed by atoms with Crippen LogP contribution in [0.15, 0.2) is 85.3 Å². The van der Waals surface area contributed by atoms with Crippen molar-refractivity contribution in [3.63, 3.8) is 0 Å². The van der Waals surface area contributed by atoms with Crippen LogP contribution in [0.2, 0.25) is 0 Å². The summed E-state index contributed by atoms with van der Waals surface area (Å²) in [6.45, 7) is 4.99. The van der Waals surface area contributed by atoms with Crippen molar-refractivity contribution in [2.24, 2.45) is 0 Å². The van der Waals surface area contributed by atoms with Gasteiger partial charge in [0.25, 0.3) is 5.91 Å². The average Bonchev–Trinajstić information content (AvgIpc) is 3.63. The second kappa shape index (κ2) is 7.88. The van der Waals surface area contributed by atoms with Crippen molar-refractivity contribution in [3.8, 4) is 17.2 Å². The van der Waals surface area contributed by atoms with E-state index in [1.807, 2.05) is 82.1 Å². The van der Waals surface area contributed by atoms with Gasteiger partial charge < -0.3 is 9.47 Å². The number of carbonyl (C=O) groups is 1. The molecule has 0 bridgehead atoms. The van der Waals surface area contributed by atoms with Gasteiger partial charge in [0.1, 0.15) is 5.82 Å². The first-order valence-electron chi connectivity index (χ1n) is 11.3. The monoisotopic (exact) mass is 448 g/mol. The lowest BCUT2D eigenvalue weighted by Gasteiger charge is -2.17. The molecule has 0 aliphatic carbocycles. The highest BCUT2D eigenvalue weighted by Gasteiger charge is 2.33. The summed E-state index contributed by atoms with van der Waals surface area (Å²) in [5.41, 5.74) is 6.56. The lowest BCUT2D eigenvalue weighted by Crippen LogP contribution is -2.27. The Kier molecular flexibility index (Phi) is 4.69. The van der Waals surface area contributed by atoms with Crippen LogP contribution in [0, 0.1) is 13.8 Å². The lowest BCUT2D eigenvalue weighted by molar-refractivity contribution is 0.0748. The number of carbonyl (C=O) groups excluding carboxylic acids is 1. The molecule has 0 unspecified atom stereocenters. The molecule has 7 nitrogen and oxygen atoms in total. The van der Waals surface area contributed by atoms with Crippen molar-refractivity contribution in [1.29, 1.82) is 0 Å². The summed E-state index contributed by atoms with van der Waals surface area (Å²) in [4.78, 5) is 15.4. The fourth-order valence-corrected chi connectivity index (χ4v) is 4.65. The Labute approximate surface area is 197 Å². The van der Waals surface area contributed by atoms with E-state index in [-0.39, 0.29) is 5.91 Å². The molecule has 6 rings (SSSR count). The molecular formula is C27H24N6O. The van der Waals surface area contributed by atoms with Crippen molar-refractivity contribution in [2.45, 2.75) is 26.9 Å². The molecule has 0 saturated heterocycles. The molecule has 0 spiro atoms. The molecule has 168 valence electrons. The molecule has 0 N–H and O–H groups in total. The van der Waals surface area contributed by atoms with E-state index >= 15 is 0 Å². The van der Waals surface area contributed by atoms with E-state index in [4.69, 9.17) is 5.10 Å². The molecule has 34 heavy (non-hydrogen) atoms. The molecule has 0 atom stereocenters. The molecule has 0 radical (unpaired) electrons. The molecule has 5 aromatic rings. The Balaban J connectivity index is 1.35. The topological polar surface area (TPSA) is 60.9 Å². The Morgan fingerprint density at radius 2 is 1.62 bits per heavy atom. The second-order valence-electron chi connectivity index (χ2n) is 8.64. The minimum absolute atomic E-state index is 0.0294. The van der Waals surface area contributed by atoms with Gasteiger partial charge in [-0.3, -0.25) is 4.79 Å². The fraction of sp³-hybridized carbons (Fsp3) is 0.148. The zero-order chi connectivity index (χ0) is 23.2. The minimum Gasteiger partial charge on any atom is -0.328 e. The number of hydrogen-bond donors (Lipinski definition) is 0. The number of rotatable bonds is 4. The van der Waals surface area contributed by atoms with Crippen molar-refractivity contribution in [3.05, 3.63) is 113 Å². The first kappa shape index (κ1) is 20.2. The van der Waals surface area contributed by atoms with Gasteiger partial charge in [-0.15, -0.1) is 0 Å². The van der Waals surface area contributed by atoms with Crippen molar-refractivity contribution in [1.82, 2.24) is 29.0 Å². The lowest BCUT2D eigenvalue weighted by atomic mass is 10.2. The SMILES string of the molecule is Cc1cccc(-n2nc3c(c2-n2cccc2)CN(C(=O)c2cnn(-c4ccccc4)c2C)C3)c1. The number of aryl methyl sites for hydroxylation is 1. The minimum atomic E-state index is -0.0294. The van der Waals surface area contributed by atoms with E-state index in [1.165, 1.54) is 5.56 Å². The van der Waals surface area contributed by atoms with Gasteiger partial charge in [-0.2, -0.15) is 10.2 Å². The molecule has 2 aromatic carbocycles. The van der Waals surface area contributed by atoms with Gasteiger partial charge in [0.05, 0.1) is 47.6 Å². The fourth-order valence-electron chi connectivity index (χ4n) is 4.65. The van der Waals surface area contributed by atoms with E-state index in [2.05, 4.69) is 34.8 Å². The largest absolute Gasteiger partial charge is 0.328 e. The van der Waals surface area contributed by atoms with E-state index in [9.17, 15) is 4.79 Å². The van der Waals surface area contributed by atoms with Gasteiger partial charge >= 0.3 is 0 Å². The molecule has 7 heteroatoms. The number of benzene rings is 2. The maximum Gasteiger partial charge on any atom is 0.257 e. The number of para-hydroxylation sites is 1. The summed E-state index contributed by atoms with van der Waals surface area (Å²) in [6, 6.07) is 22.2. The van der Waals surface area contributed by atoms with Gasteiger partial charge in [0, 0.05) is 18.0 Å². The van der Waals surface area contributed by atoms with E-state index in [0.29, 0.717) is 18.7 Å². The van der Waals surface area contributed by atoms with Crippen LogP contribution in [0.3, 0.4) is 0 Å². The number of hydrogen-bond acceptors (Lipinski definition) is 3. The second-order valence-corrected chi connectivity index (χ2v) is 8.64. The van der Waals surface area contributed by atoms with E-state index < -0.39 is 0 Å². The highest BCUT2D eigenvalue weighted by atomic mass is 16.2. The van der Waals surface area contributed by atoms with Crippen LogP contribution in [0.1, 0.15) is 32.9 Å². The molecule has 1 aliphatic rings. The summed E-state index contributed by atoms with van der Waals surface area (Å²) < 4.78 is 5.87. The average molecular weight is 449 g/mol. The van der Waals surface area contributed by atoms with Gasteiger partial charge in [0.15, 0.2) is 0 Å². The first-order valence-corrected chi connectivity index (χ1v) is 11.3. The normalized spacial score (nSPS) is 12.8. The van der Waals surface area contributed by atoms with Gasteiger partial charge in [0.2, 0.25) is 0 Å². The number of fused-ring (bicyclic) bond motifs is 1. The van der Waals surface area contributed by atoms with E-state index in [0.717, 1.165) is 34.1 Å². The van der Waals surface area contributed by atoms with Crippen molar-refractivity contribution < 1.29 is 4.79 Å². The number of amides is 1. The van der Waals surface area contributed by atoms with Gasteiger partial charge in [-0.25, -0.2) is 9.36 Å². The molecule has 1 amide bonds. The summed E-state index contributed by atoms with van der Waals surface area (Å²) in [5.74, 6) is 0.941. The number of nitrogens with zero attached hydrogens (tertiary/aromatic N) is 6. The smallest absolute Gasteiger partial charge is 0.257 e. The predicted molar refractivity (Wildman–Crippen MR) is 130 cm³/mol. The summed E-state index contributed by atoms with van der Waals surface area (Å²) in [6.07, 6.45) is 5.70. The van der Waals surface area contributed by atoms with Crippen LogP contribution in [0.5, 0.6) is 0 Å².